The molecule has 0 saturated heterocycles. The van der Waals surface area contributed by atoms with Gasteiger partial charge in [-0.3, -0.25) is 19.1 Å². The van der Waals surface area contributed by atoms with Gasteiger partial charge in [0.05, 0.1) is 29.0 Å². The number of anilines is 1. The van der Waals surface area contributed by atoms with Crippen molar-refractivity contribution in [1.29, 1.82) is 0 Å². The molecule has 1 atom stereocenters. The molecule has 1 aliphatic heterocycles. The molecule has 0 spiro atoms. The van der Waals surface area contributed by atoms with Crippen LogP contribution in [0, 0.1) is 0 Å². The fraction of sp³-hybridized carbons (Fsp3) is 0.111. The van der Waals surface area contributed by atoms with E-state index >= 15 is 0 Å². The minimum atomic E-state index is -0.662. The quantitative estimate of drug-likeness (QED) is 0.473. The van der Waals surface area contributed by atoms with E-state index in [9.17, 15) is 9.59 Å². The molecule has 4 aromatic rings. The number of amides is 1. The molecule has 2 aromatic carbocycles. The minimum absolute atomic E-state index is 0.212. The number of pyridine rings is 1. The van der Waals surface area contributed by atoms with Gasteiger partial charge in [0.1, 0.15) is 5.75 Å². The number of methoxy groups -OCH3 is 1. The predicted octanol–water partition coefficient (Wildman–Crippen LogP) is 3.28. The predicted molar refractivity (Wildman–Crippen MR) is 136 cm³/mol. The first-order valence-corrected chi connectivity index (χ1v) is 11.8. The van der Waals surface area contributed by atoms with Crippen molar-refractivity contribution in [2.75, 3.05) is 12.4 Å². The summed E-state index contributed by atoms with van der Waals surface area (Å²) in [6.07, 6.45) is 5.17. The molecule has 0 bridgehead atoms. The highest BCUT2D eigenvalue weighted by Crippen LogP contribution is 2.32. The third-order valence-corrected chi connectivity index (χ3v) is 6.69. The maximum atomic E-state index is 13.7. The number of hydrogen-bond donors (Lipinski definition) is 1. The maximum absolute atomic E-state index is 13.7. The Morgan fingerprint density at radius 3 is 2.60 bits per heavy atom. The maximum Gasteiger partial charge on any atom is 0.271 e. The van der Waals surface area contributed by atoms with Gasteiger partial charge in [0.2, 0.25) is 0 Å². The summed E-state index contributed by atoms with van der Waals surface area (Å²) in [7, 11) is 1.59. The molecule has 7 nitrogen and oxygen atoms in total. The zero-order valence-corrected chi connectivity index (χ0v) is 20.0. The zero-order valence-electron chi connectivity index (χ0n) is 19.1. The van der Waals surface area contributed by atoms with Crippen molar-refractivity contribution in [2.24, 2.45) is 4.99 Å². The number of para-hydroxylation sites is 1. The van der Waals surface area contributed by atoms with Gasteiger partial charge in [-0.05, 0) is 60.5 Å². The van der Waals surface area contributed by atoms with E-state index in [1.165, 1.54) is 11.3 Å². The van der Waals surface area contributed by atoms with Crippen LogP contribution in [0.5, 0.6) is 5.75 Å². The second-order valence-electron chi connectivity index (χ2n) is 7.96. The standard InChI is InChI=1S/C27H22N4O3S/c1-17-23(25(32)30-20-8-4-3-5-9-20)24(19-7-6-10-21(16-19)34-2)31-26(33)22(35-27(31)29-17)15-18-11-13-28-14-12-18/h3-16,24H,1-2H3,(H,30,32)/b22-15-. The molecule has 0 saturated carbocycles. The highest BCUT2D eigenvalue weighted by molar-refractivity contribution is 7.07. The number of allylic oxidation sites excluding steroid dienone is 1. The van der Waals surface area contributed by atoms with E-state index in [2.05, 4.69) is 15.3 Å². The Morgan fingerprint density at radius 2 is 1.86 bits per heavy atom. The Bertz CT molecular complexity index is 1610. The number of nitrogens with one attached hydrogen (secondary N) is 1. The summed E-state index contributed by atoms with van der Waals surface area (Å²) in [5.74, 6) is 0.326. The van der Waals surface area contributed by atoms with E-state index in [1.54, 1.807) is 31.0 Å². The second kappa shape index (κ2) is 9.52. The van der Waals surface area contributed by atoms with Gasteiger partial charge in [-0.15, -0.1) is 0 Å². The number of benzene rings is 2. The molecule has 1 unspecified atom stereocenters. The Balaban J connectivity index is 1.69. The number of rotatable bonds is 5. The number of thiazole rings is 1. The fourth-order valence-electron chi connectivity index (χ4n) is 4.07. The van der Waals surface area contributed by atoms with Crippen LogP contribution in [-0.4, -0.2) is 22.6 Å². The molecule has 8 heteroatoms. The normalized spacial score (nSPS) is 15.4. The van der Waals surface area contributed by atoms with Crippen LogP contribution in [0.3, 0.4) is 0 Å². The van der Waals surface area contributed by atoms with E-state index in [0.717, 1.165) is 11.1 Å². The Kier molecular flexibility index (Phi) is 6.12. The van der Waals surface area contributed by atoms with E-state index in [1.807, 2.05) is 72.8 Å². The van der Waals surface area contributed by atoms with Gasteiger partial charge in [0, 0.05) is 18.1 Å². The van der Waals surface area contributed by atoms with Crippen molar-refractivity contribution < 1.29 is 9.53 Å². The highest BCUT2D eigenvalue weighted by atomic mass is 32.1. The molecule has 0 fully saturated rings. The molecule has 35 heavy (non-hydrogen) atoms. The second-order valence-corrected chi connectivity index (χ2v) is 8.97. The number of nitrogens with zero attached hydrogens (tertiary/aromatic N) is 3. The number of aromatic nitrogens is 2. The van der Waals surface area contributed by atoms with E-state index in [0.29, 0.717) is 32.0 Å². The number of carbonyl (C=O) groups is 1. The van der Waals surface area contributed by atoms with Crippen LogP contribution in [0.1, 0.15) is 24.1 Å². The third-order valence-electron chi connectivity index (χ3n) is 5.71. The minimum Gasteiger partial charge on any atom is -0.497 e. The van der Waals surface area contributed by atoms with Gasteiger partial charge in [0.25, 0.3) is 11.5 Å². The van der Waals surface area contributed by atoms with Crippen LogP contribution in [0.2, 0.25) is 0 Å². The molecular weight excluding hydrogens is 460 g/mol. The lowest BCUT2D eigenvalue weighted by atomic mass is 9.95. The van der Waals surface area contributed by atoms with Crippen molar-refractivity contribution in [1.82, 2.24) is 9.55 Å². The lowest BCUT2D eigenvalue weighted by molar-refractivity contribution is -0.113. The molecule has 2 aromatic heterocycles. The van der Waals surface area contributed by atoms with Crippen molar-refractivity contribution in [3.8, 4) is 5.75 Å². The third kappa shape index (κ3) is 4.43. The van der Waals surface area contributed by atoms with Crippen LogP contribution in [0.15, 0.2) is 100 Å². The van der Waals surface area contributed by atoms with Crippen molar-refractivity contribution >= 4 is 29.0 Å². The first kappa shape index (κ1) is 22.5. The monoisotopic (exact) mass is 482 g/mol. The summed E-state index contributed by atoms with van der Waals surface area (Å²) in [5, 5.41) is 2.95. The molecule has 3 heterocycles. The van der Waals surface area contributed by atoms with Crippen LogP contribution >= 0.6 is 11.3 Å². The van der Waals surface area contributed by atoms with Crippen molar-refractivity contribution in [3.63, 3.8) is 0 Å². The summed E-state index contributed by atoms with van der Waals surface area (Å²) in [6.45, 7) is 1.80. The van der Waals surface area contributed by atoms with Crippen LogP contribution in [0.25, 0.3) is 6.08 Å². The summed E-state index contributed by atoms with van der Waals surface area (Å²) in [6, 6.07) is 19.6. The molecule has 1 N–H and O–H groups in total. The van der Waals surface area contributed by atoms with Crippen LogP contribution in [0.4, 0.5) is 5.69 Å². The Morgan fingerprint density at radius 1 is 1.09 bits per heavy atom. The molecule has 0 aliphatic carbocycles. The largest absolute Gasteiger partial charge is 0.497 e. The van der Waals surface area contributed by atoms with Gasteiger partial charge in [-0.2, -0.15) is 0 Å². The molecule has 1 amide bonds. The first-order chi connectivity index (χ1) is 17.0. The van der Waals surface area contributed by atoms with Crippen molar-refractivity contribution in [2.45, 2.75) is 13.0 Å². The van der Waals surface area contributed by atoms with Crippen LogP contribution < -0.4 is 24.9 Å². The number of carbonyl (C=O) groups excluding carboxylic acids is 1. The first-order valence-electron chi connectivity index (χ1n) is 11.0. The van der Waals surface area contributed by atoms with Gasteiger partial charge in [-0.25, -0.2) is 4.99 Å². The summed E-state index contributed by atoms with van der Waals surface area (Å²) in [4.78, 5) is 36.5. The lowest BCUT2D eigenvalue weighted by Crippen LogP contribution is -2.40. The summed E-state index contributed by atoms with van der Waals surface area (Å²) in [5.41, 5.74) is 3.04. The smallest absolute Gasteiger partial charge is 0.271 e. The average molecular weight is 483 g/mol. The summed E-state index contributed by atoms with van der Waals surface area (Å²) >= 11 is 1.30. The molecule has 1 aliphatic rings. The van der Waals surface area contributed by atoms with Gasteiger partial charge < -0.3 is 10.1 Å². The fourth-order valence-corrected chi connectivity index (χ4v) is 5.12. The zero-order chi connectivity index (χ0) is 24.4. The van der Waals surface area contributed by atoms with E-state index < -0.39 is 6.04 Å². The van der Waals surface area contributed by atoms with Gasteiger partial charge in [0.15, 0.2) is 4.80 Å². The SMILES string of the molecule is COc1cccc(C2C(C(=O)Nc3ccccc3)=C(C)N=c3s/c(=C\c4ccncc4)c(=O)n32)c1. The van der Waals surface area contributed by atoms with Crippen molar-refractivity contribution in [3.05, 3.63) is 121 Å². The summed E-state index contributed by atoms with van der Waals surface area (Å²) < 4.78 is 7.55. The highest BCUT2D eigenvalue weighted by Gasteiger charge is 2.32. The molecular formula is C27H22N4O3S. The lowest BCUT2D eigenvalue weighted by Gasteiger charge is -2.25. The number of hydrogen-bond acceptors (Lipinski definition) is 6. The average Bonchev–Trinajstić information content (AvgIpc) is 3.18. The molecule has 0 radical (unpaired) electrons. The van der Waals surface area contributed by atoms with E-state index in [-0.39, 0.29) is 11.5 Å². The van der Waals surface area contributed by atoms with Crippen LogP contribution in [-0.2, 0) is 4.79 Å². The van der Waals surface area contributed by atoms with E-state index in [4.69, 9.17) is 4.74 Å². The Hall–Kier alpha value is -4.30. The molecule has 174 valence electrons. The van der Waals surface area contributed by atoms with Gasteiger partial charge in [-0.1, -0.05) is 41.7 Å². The number of ether oxygens (including phenoxy) is 1. The molecule has 5 rings (SSSR count). The number of fused-ring (bicyclic) bond motifs is 1. The topological polar surface area (TPSA) is 85.6 Å². The van der Waals surface area contributed by atoms with Gasteiger partial charge >= 0.3 is 0 Å². The Labute approximate surface area is 205 Å².